The van der Waals surface area contributed by atoms with Crippen LogP contribution in [0.3, 0.4) is 0 Å². The molecule has 0 amide bonds. The van der Waals surface area contributed by atoms with Crippen LogP contribution < -0.4 is 10.1 Å². The molecule has 0 saturated heterocycles. The molecule has 1 unspecified atom stereocenters. The van der Waals surface area contributed by atoms with Crippen molar-refractivity contribution in [1.82, 2.24) is 5.32 Å². The summed E-state index contributed by atoms with van der Waals surface area (Å²) in [5.41, 5.74) is 2.40. The first-order chi connectivity index (χ1) is 8.79. The van der Waals surface area contributed by atoms with Crippen molar-refractivity contribution in [2.75, 3.05) is 7.11 Å². The second kappa shape index (κ2) is 6.26. The van der Waals surface area contributed by atoms with E-state index < -0.39 is 0 Å². The molecule has 1 aromatic heterocycles. The van der Waals surface area contributed by atoms with Gasteiger partial charge in [0.1, 0.15) is 5.75 Å². The van der Waals surface area contributed by atoms with Gasteiger partial charge in [0.05, 0.1) is 19.6 Å². The van der Waals surface area contributed by atoms with Gasteiger partial charge in [0, 0.05) is 18.2 Å². The quantitative estimate of drug-likeness (QED) is 0.849. The van der Waals surface area contributed by atoms with Crippen molar-refractivity contribution in [3.63, 3.8) is 0 Å². The predicted molar refractivity (Wildman–Crippen MR) is 71.7 cm³/mol. The Morgan fingerprint density at radius 1 is 1.28 bits per heavy atom. The second-order valence-corrected chi connectivity index (χ2v) is 4.43. The van der Waals surface area contributed by atoms with Gasteiger partial charge in [-0.2, -0.15) is 0 Å². The molecule has 1 N–H and O–H groups in total. The Labute approximate surface area is 108 Å². The highest BCUT2D eigenvalue weighted by Gasteiger charge is 2.07. The standard InChI is InChI=1S/C15H19NO2/c1-12(16-10-13-7-8-18-11-13)9-14-5-3-4-6-15(14)17-2/h3-8,11-12,16H,9-10H2,1-2H3. The van der Waals surface area contributed by atoms with Gasteiger partial charge in [-0.15, -0.1) is 0 Å². The third-order valence-electron chi connectivity index (χ3n) is 2.95. The van der Waals surface area contributed by atoms with E-state index in [-0.39, 0.29) is 0 Å². The third-order valence-corrected chi connectivity index (χ3v) is 2.95. The summed E-state index contributed by atoms with van der Waals surface area (Å²) in [5, 5.41) is 3.47. The first-order valence-electron chi connectivity index (χ1n) is 6.16. The predicted octanol–water partition coefficient (Wildman–Crippen LogP) is 3.01. The van der Waals surface area contributed by atoms with Gasteiger partial charge in [0.15, 0.2) is 0 Å². The summed E-state index contributed by atoms with van der Waals surface area (Å²) < 4.78 is 10.4. The molecule has 18 heavy (non-hydrogen) atoms. The molecule has 0 radical (unpaired) electrons. The fraction of sp³-hybridized carbons (Fsp3) is 0.333. The molecule has 1 heterocycles. The van der Waals surface area contributed by atoms with Crippen LogP contribution in [0.2, 0.25) is 0 Å². The molecule has 2 aromatic rings. The lowest BCUT2D eigenvalue weighted by Crippen LogP contribution is -2.27. The van der Waals surface area contributed by atoms with Crippen molar-refractivity contribution in [2.24, 2.45) is 0 Å². The lowest BCUT2D eigenvalue weighted by atomic mass is 10.1. The molecule has 0 spiro atoms. The smallest absolute Gasteiger partial charge is 0.122 e. The topological polar surface area (TPSA) is 34.4 Å². The van der Waals surface area contributed by atoms with Gasteiger partial charge < -0.3 is 14.5 Å². The summed E-state index contributed by atoms with van der Waals surface area (Å²) >= 11 is 0. The lowest BCUT2D eigenvalue weighted by molar-refractivity contribution is 0.406. The number of hydrogen-bond donors (Lipinski definition) is 1. The van der Waals surface area contributed by atoms with Crippen LogP contribution in [-0.4, -0.2) is 13.2 Å². The van der Waals surface area contributed by atoms with E-state index in [1.165, 1.54) is 11.1 Å². The molecule has 0 aliphatic carbocycles. The average molecular weight is 245 g/mol. The average Bonchev–Trinajstić information content (AvgIpc) is 2.90. The van der Waals surface area contributed by atoms with E-state index in [9.17, 15) is 0 Å². The van der Waals surface area contributed by atoms with Gasteiger partial charge in [0.2, 0.25) is 0 Å². The van der Waals surface area contributed by atoms with Gasteiger partial charge in [-0.3, -0.25) is 0 Å². The van der Waals surface area contributed by atoms with E-state index in [0.29, 0.717) is 6.04 Å². The molecule has 0 fully saturated rings. The van der Waals surface area contributed by atoms with Gasteiger partial charge in [-0.25, -0.2) is 0 Å². The minimum Gasteiger partial charge on any atom is -0.496 e. The molecule has 0 saturated carbocycles. The van der Waals surface area contributed by atoms with E-state index in [2.05, 4.69) is 18.3 Å². The number of furan rings is 1. The van der Waals surface area contributed by atoms with Crippen LogP contribution in [-0.2, 0) is 13.0 Å². The highest BCUT2D eigenvalue weighted by Crippen LogP contribution is 2.18. The summed E-state index contributed by atoms with van der Waals surface area (Å²) in [6.45, 7) is 3.00. The molecular weight excluding hydrogens is 226 g/mol. The molecule has 1 aromatic carbocycles. The minimum absolute atomic E-state index is 0.385. The monoisotopic (exact) mass is 245 g/mol. The van der Waals surface area contributed by atoms with Crippen LogP contribution in [0.25, 0.3) is 0 Å². The van der Waals surface area contributed by atoms with Gasteiger partial charge in [-0.1, -0.05) is 18.2 Å². The van der Waals surface area contributed by atoms with E-state index >= 15 is 0 Å². The van der Waals surface area contributed by atoms with Crippen LogP contribution in [0, 0.1) is 0 Å². The Morgan fingerprint density at radius 3 is 2.83 bits per heavy atom. The maximum atomic E-state index is 5.35. The second-order valence-electron chi connectivity index (χ2n) is 4.43. The highest BCUT2D eigenvalue weighted by atomic mass is 16.5. The summed E-state index contributed by atoms with van der Waals surface area (Å²) in [6, 6.07) is 10.5. The molecule has 0 aliphatic heterocycles. The Balaban J connectivity index is 1.88. The first kappa shape index (κ1) is 12.7. The Morgan fingerprint density at radius 2 is 2.11 bits per heavy atom. The van der Waals surface area contributed by atoms with Crippen LogP contribution in [0.1, 0.15) is 18.1 Å². The summed E-state index contributed by atoms with van der Waals surface area (Å²) in [4.78, 5) is 0. The Kier molecular flexibility index (Phi) is 4.42. The molecular formula is C15H19NO2. The number of rotatable bonds is 6. The van der Waals surface area contributed by atoms with Gasteiger partial charge in [0.25, 0.3) is 0 Å². The van der Waals surface area contributed by atoms with Crippen LogP contribution in [0.15, 0.2) is 47.3 Å². The van der Waals surface area contributed by atoms with Crippen molar-refractivity contribution in [2.45, 2.75) is 25.9 Å². The van der Waals surface area contributed by atoms with Crippen molar-refractivity contribution >= 4 is 0 Å². The first-order valence-corrected chi connectivity index (χ1v) is 6.16. The largest absolute Gasteiger partial charge is 0.496 e. The summed E-state index contributed by atoms with van der Waals surface area (Å²) in [7, 11) is 1.71. The fourth-order valence-electron chi connectivity index (χ4n) is 1.96. The van der Waals surface area contributed by atoms with Gasteiger partial charge >= 0.3 is 0 Å². The number of methoxy groups -OCH3 is 1. The molecule has 3 nitrogen and oxygen atoms in total. The molecule has 96 valence electrons. The number of hydrogen-bond acceptors (Lipinski definition) is 3. The Bertz CT molecular complexity index is 465. The number of para-hydroxylation sites is 1. The zero-order chi connectivity index (χ0) is 12.8. The van der Waals surface area contributed by atoms with Crippen LogP contribution >= 0.6 is 0 Å². The van der Waals surface area contributed by atoms with Crippen LogP contribution in [0.4, 0.5) is 0 Å². The highest BCUT2D eigenvalue weighted by molar-refractivity contribution is 5.33. The normalized spacial score (nSPS) is 12.3. The van der Waals surface area contributed by atoms with Crippen molar-refractivity contribution in [1.29, 1.82) is 0 Å². The van der Waals surface area contributed by atoms with Crippen molar-refractivity contribution in [3.8, 4) is 5.75 Å². The Hall–Kier alpha value is -1.74. The van der Waals surface area contributed by atoms with E-state index in [4.69, 9.17) is 9.15 Å². The van der Waals surface area contributed by atoms with E-state index in [1.54, 1.807) is 19.6 Å². The molecule has 0 bridgehead atoms. The van der Waals surface area contributed by atoms with Gasteiger partial charge in [-0.05, 0) is 31.0 Å². The molecule has 1 atom stereocenters. The lowest BCUT2D eigenvalue weighted by Gasteiger charge is -2.15. The van der Waals surface area contributed by atoms with Crippen molar-refractivity contribution < 1.29 is 9.15 Å². The SMILES string of the molecule is COc1ccccc1CC(C)NCc1ccoc1. The molecule has 2 rings (SSSR count). The summed E-state index contributed by atoms with van der Waals surface area (Å²) in [5.74, 6) is 0.953. The fourth-order valence-corrected chi connectivity index (χ4v) is 1.96. The van der Waals surface area contributed by atoms with E-state index in [0.717, 1.165) is 18.7 Å². The minimum atomic E-state index is 0.385. The molecule has 0 aliphatic rings. The number of benzene rings is 1. The summed E-state index contributed by atoms with van der Waals surface area (Å²) in [6.07, 6.45) is 4.41. The zero-order valence-electron chi connectivity index (χ0n) is 10.8. The maximum Gasteiger partial charge on any atom is 0.122 e. The number of nitrogens with one attached hydrogen (secondary N) is 1. The maximum absolute atomic E-state index is 5.35. The third kappa shape index (κ3) is 3.37. The van der Waals surface area contributed by atoms with E-state index in [1.807, 2.05) is 24.3 Å². The van der Waals surface area contributed by atoms with Crippen molar-refractivity contribution in [3.05, 3.63) is 54.0 Å². The number of ether oxygens (including phenoxy) is 1. The zero-order valence-corrected chi connectivity index (χ0v) is 10.8. The molecule has 3 heteroatoms. The van der Waals surface area contributed by atoms with Crippen LogP contribution in [0.5, 0.6) is 5.75 Å².